The van der Waals surface area contributed by atoms with Crippen LogP contribution in [0.4, 0.5) is 13.2 Å². The van der Waals surface area contributed by atoms with Crippen LogP contribution in [0.1, 0.15) is 21.6 Å². The number of nitrogens with zero attached hydrogens (tertiary/aromatic N) is 1. The average Bonchev–Trinajstić information content (AvgIpc) is 2.91. The first-order valence-electron chi connectivity index (χ1n) is 8.47. The molecule has 3 rings (SSSR count). The molecule has 29 heavy (non-hydrogen) atoms. The van der Waals surface area contributed by atoms with Gasteiger partial charge in [0, 0.05) is 16.6 Å². The van der Waals surface area contributed by atoms with Crippen LogP contribution in [0, 0.1) is 6.92 Å². The van der Waals surface area contributed by atoms with E-state index in [9.17, 15) is 22.8 Å². The van der Waals surface area contributed by atoms with Crippen LogP contribution in [0.5, 0.6) is 11.5 Å². The van der Waals surface area contributed by atoms with Gasteiger partial charge in [-0.25, -0.2) is 0 Å². The molecule has 0 aliphatic rings. The highest BCUT2D eigenvalue weighted by molar-refractivity contribution is 6.05. The van der Waals surface area contributed by atoms with Crippen LogP contribution >= 0.6 is 0 Å². The number of rotatable bonds is 5. The zero-order valence-corrected chi connectivity index (χ0v) is 15.5. The number of benzene rings is 2. The lowest BCUT2D eigenvalue weighted by Crippen LogP contribution is -2.18. The number of halogens is 3. The molecular weight excluding hydrogens is 389 g/mol. The fourth-order valence-electron chi connectivity index (χ4n) is 3.18. The van der Waals surface area contributed by atoms with Gasteiger partial charge in [-0.1, -0.05) is 0 Å². The predicted octanol–water partition coefficient (Wildman–Crippen LogP) is 3.57. The minimum absolute atomic E-state index is 0.0753. The molecule has 0 atom stereocenters. The highest BCUT2D eigenvalue weighted by Gasteiger charge is 2.31. The molecule has 2 N–H and O–H groups in total. The molecular formula is C20H17F3N2O4. The molecule has 9 heteroatoms. The summed E-state index contributed by atoms with van der Waals surface area (Å²) in [6, 6.07) is 9.65. The van der Waals surface area contributed by atoms with Crippen molar-refractivity contribution in [2.75, 3.05) is 7.11 Å². The van der Waals surface area contributed by atoms with Crippen LogP contribution in [0.2, 0.25) is 0 Å². The number of carbonyl (C=O) groups excluding carboxylic acids is 2. The normalized spacial score (nSPS) is 11.5. The lowest BCUT2D eigenvalue weighted by Gasteiger charge is -2.10. The maximum Gasteiger partial charge on any atom is 0.573 e. The third kappa shape index (κ3) is 4.18. The van der Waals surface area contributed by atoms with Crippen molar-refractivity contribution in [3.8, 4) is 11.5 Å². The number of aromatic nitrogens is 1. The number of nitrogens with two attached hydrogens (primary N) is 1. The Labute approximate surface area is 163 Å². The first-order valence-corrected chi connectivity index (χ1v) is 8.47. The third-order valence-electron chi connectivity index (χ3n) is 4.43. The number of methoxy groups -OCH3 is 1. The standard InChI is InChI=1S/C20H17F3N2O4/c1-11-15(10-18(24)26)16-9-14(28-2)7-8-17(16)25(11)19(27)12-3-5-13(6-4-12)29-20(21,22)23/h3-9H,10H2,1-2H3,(H2,24,26). The van der Waals surface area contributed by atoms with Crippen LogP contribution in [0.3, 0.4) is 0 Å². The molecule has 0 saturated heterocycles. The Morgan fingerprint density at radius 1 is 1.07 bits per heavy atom. The molecule has 0 unspecified atom stereocenters. The number of carbonyl (C=O) groups is 2. The summed E-state index contributed by atoms with van der Waals surface area (Å²) in [6.45, 7) is 1.67. The predicted molar refractivity (Wildman–Crippen MR) is 99.0 cm³/mol. The lowest BCUT2D eigenvalue weighted by atomic mass is 10.1. The summed E-state index contributed by atoms with van der Waals surface area (Å²) < 4.78 is 47.4. The summed E-state index contributed by atoms with van der Waals surface area (Å²) in [4.78, 5) is 24.6. The van der Waals surface area contributed by atoms with E-state index in [4.69, 9.17) is 10.5 Å². The van der Waals surface area contributed by atoms with Gasteiger partial charge in [0.1, 0.15) is 11.5 Å². The fraction of sp³-hybridized carbons (Fsp3) is 0.200. The highest BCUT2D eigenvalue weighted by Crippen LogP contribution is 2.31. The number of hydrogen-bond donors (Lipinski definition) is 1. The van der Waals surface area contributed by atoms with E-state index < -0.39 is 23.9 Å². The van der Waals surface area contributed by atoms with Gasteiger partial charge in [0.15, 0.2) is 0 Å². The van der Waals surface area contributed by atoms with E-state index >= 15 is 0 Å². The van der Waals surface area contributed by atoms with Crippen molar-refractivity contribution in [3.63, 3.8) is 0 Å². The lowest BCUT2D eigenvalue weighted by molar-refractivity contribution is -0.274. The summed E-state index contributed by atoms with van der Waals surface area (Å²) in [5.74, 6) is -0.910. The summed E-state index contributed by atoms with van der Waals surface area (Å²) >= 11 is 0. The highest BCUT2D eigenvalue weighted by atomic mass is 19.4. The van der Waals surface area contributed by atoms with E-state index in [1.165, 1.54) is 23.8 Å². The number of primary amides is 1. The molecule has 152 valence electrons. The summed E-state index contributed by atoms with van der Waals surface area (Å²) in [5.41, 5.74) is 7.12. The topological polar surface area (TPSA) is 83.5 Å². The van der Waals surface area contributed by atoms with E-state index in [-0.39, 0.29) is 12.0 Å². The summed E-state index contributed by atoms with van der Waals surface area (Å²) in [7, 11) is 1.49. The van der Waals surface area contributed by atoms with Crippen molar-refractivity contribution >= 4 is 22.7 Å². The Bertz CT molecular complexity index is 1090. The van der Waals surface area contributed by atoms with Crippen molar-refractivity contribution < 1.29 is 32.2 Å². The molecule has 0 aliphatic heterocycles. The van der Waals surface area contributed by atoms with Crippen molar-refractivity contribution in [2.24, 2.45) is 5.73 Å². The van der Waals surface area contributed by atoms with Crippen molar-refractivity contribution in [2.45, 2.75) is 19.7 Å². The van der Waals surface area contributed by atoms with Gasteiger partial charge < -0.3 is 15.2 Å². The zero-order chi connectivity index (χ0) is 21.3. The molecule has 0 saturated carbocycles. The first-order chi connectivity index (χ1) is 13.6. The van der Waals surface area contributed by atoms with Gasteiger partial charge in [0.2, 0.25) is 5.91 Å². The molecule has 0 radical (unpaired) electrons. The van der Waals surface area contributed by atoms with Gasteiger partial charge in [-0.2, -0.15) is 0 Å². The molecule has 1 aromatic heterocycles. The Hall–Kier alpha value is -3.49. The second-order valence-electron chi connectivity index (χ2n) is 6.30. The van der Waals surface area contributed by atoms with Crippen LogP contribution in [0.25, 0.3) is 10.9 Å². The molecule has 0 aliphatic carbocycles. The Morgan fingerprint density at radius 3 is 2.24 bits per heavy atom. The molecule has 1 amide bonds. The van der Waals surface area contributed by atoms with Crippen molar-refractivity contribution in [3.05, 3.63) is 59.3 Å². The quantitative estimate of drug-likeness (QED) is 0.702. The smallest absolute Gasteiger partial charge is 0.497 e. The molecule has 0 spiro atoms. The van der Waals surface area contributed by atoms with E-state index in [2.05, 4.69) is 4.74 Å². The van der Waals surface area contributed by atoms with E-state index in [1.54, 1.807) is 25.1 Å². The van der Waals surface area contributed by atoms with Gasteiger partial charge in [-0.15, -0.1) is 13.2 Å². The summed E-state index contributed by atoms with van der Waals surface area (Å²) in [5, 5.41) is 0.631. The number of alkyl halides is 3. The minimum Gasteiger partial charge on any atom is -0.497 e. The third-order valence-corrected chi connectivity index (χ3v) is 4.43. The molecule has 6 nitrogen and oxygen atoms in total. The Balaban J connectivity index is 2.08. The van der Waals surface area contributed by atoms with Crippen LogP contribution < -0.4 is 15.2 Å². The van der Waals surface area contributed by atoms with Crippen LogP contribution in [-0.2, 0) is 11.2 Å². The van der Waals surface area contributed by atoms with Gasteiger partial charge in [-0.05, 0) is 55.0 Å². The maximum atomic E-state index is 13.1. The maximum absolute atomic E-state index is 13.1. The molecule has 0 fully saturated rings. The van der Waals surface area contributed by atoms with Crippen LogP contribution in [-0.4, -0.2) is 29.9 Å². The van der Waals surface area contributed by atoms with E-state index in [1.807, 2.05) is 0 Å². The second-order valence-corrected chi connectivity index (χ2v) is 6.30. The minimum atomic E-state index is -4.82. The molecule has 1 heterocycles. The van der Waals surface area contributed by atoms with Gasteiger partial charge >= 0.3 is 6.36 Å². The molecule has 0 bridgehead atoms. The number of hydrogen-bond acceptors (Lipinski definition) is 4. The molecule has 2 aromatic carbocycles. The van der Waals surface area contributed by atoms with Crippen molar-refractivity contribution in [1.29, 1.82) is 0 Å². The van der Waals surface area contributed by atoms with Gasteiger partial charge in [-0.3, -0.25) is 14.2 Å². The second kappa shape index (κ2) is 7.50. The van der Waals surface area contributed by atoms with Crippen LogP contribution in [0.15, 0.2) is 42.5 Å². The van der Waals surface area contributed by atoms with Crippen molar-refractivity contribution in [1.82, 2.24) is 4.57 Å². The SMILES string of the molecule is COc1ccc2c(c1)c(CC(N)=O)c(C)n2C(=O)c1ccc(OC(F)(F)F)cc1. The largest absolute Gasteiger partial charge is 0.573 e. The Morgan fingerprint density at radius 2 is 1.69 bits per heavy atom. The number of ether oxygens (including phenoxy) is 2. The Kier molecular flexibility index (Phi) is 5.23. The van der Waals surface area contributed by atoms with Gasteiger partial charge in [0.25, 0.3) is 5.91 Å². The zero-order valence-electron chi connectivity index (χ0n) is 15.5. The number of amides is 1. The first kappa shape index (κ1) is 20.2. The van der Waals surface area contributed by atoms with E-state index in [0.717, 1.165) is 12.1 Å². The van der Waals surface area contributed by atoms with Gasteiger partial charge in [0.05, 0.1) is 19.0 Å². The van der Waals surface area contributed by atoms with E-state index in [0.29, 0.717) is 27.9 Å². The molecule has 3 aromatic rings. The monoisotopic (exact) mass is 406 g/mol. The summed E-state index contributed by atoms with van der Waals surface area (Å²) in [6.07, 6.45) is -4.89. The average molecular weight is 406 g/mol. The fourth-order valence-corrected chi connectivity index (χ4v) is 3.18. The number of fused-ring (bicyclic) bond motifs is 1.